The summed E-state index contributed by atoms with van der Waals surface area (Å²) in [7, 11) is 1.75. The number of anilines is 1. The SMILES string of the molecule is CN(c1nccs1)[S+]([O-])C1(CO)CC1. The van der Waals surface area contributed by atoms with Gasteiger partial charge in [-0.3, -0.25) is 0 Å². The number of aliphatic hydroxyl groups is 1. The van der Waals surface area contributed by atoms with Crippen LogP contribution in [0.1, 0.15) is 12.8 Å². The van der Waals surface area contributed by atoms with E-state index in [0.717, 1.165) is 18.0 Å². The summed E-state index contributed by atoms with van der Waals surface area (Å²) in [5.74, 6) is 0. The van der Waals surface area contributed by atoms with Crippen molar-refractivity contribution in [2.45, 2.75) is 17.6 Å². The topological polar surface area (TPSA) is 59.4 Å². The highest BCUT2D eigenvalue weighted by Gasteiger charge is 2.56. The van der Waals surface area contributed by atoms with Crippen molar-refractivity contribution >= 4 is 27.8 Å². The van der Waals surface area contributed by atoms with Gasteiger partial charge in [-0.1, -0.05) is 0 Å². The zero-order chi connectivity index (χ0) is 10.2. The second-order valence-corrected chi connectivity index (χ2v) is 6.19. The molecule has 1 saturated carbocycles. The molecule has 0 saturated heterocycles. The lowest BCUT2D eigenvalue weighted by Gasteiger charge is -2.25. The summed E-state index contributed by atoms with van der Waals surface area (Å²) in [6.45, 7) is -0.00464. The van der Waals surface area contributed by atoms with Crippen LogP contribution in [0.3, 0.4) is 0 Å². The van der Waals surface area contributed by atoms with Gasteiger partial charge in [0.05, 0.1) is 25.0 Å². The van der Waals surface area contributed by atoms with Crippen molar-refractivity contribution in [3.8, 4) is 0 Å². The smallest absolute Gasteiger partial charge is 0.228 e. The van der Waals surface area contributed by atoms with Crippen LogP contribution in [0, 0.1) is 0 Å². The summed E-state index contributed by atoms with van der Waals surface area (Å²) in [5, 5.41) is 11.7. The molecule has 1 fully saturated rings. The standard InChI is InChI=1S/C8H12N2O2S2/c1-10(7-9-4-5-13-7)14(12)8(6-11)2-3-8/h4-5,11H,2-3,6H2,1H3. The van der Waals surface area contributed by atoms with E-state index in [-0.39, 0.29) is 11.4 Å². The minimum atomic E-state index is -1.16. The van der Waals surface area contributed by atoms with E-state index >= 15 is 0 Å². The molecule has 0 bridgehead atoms. The Hall–Kier alpha value is -0.300. The molecular weight excluding hydrogens is 220 g/mol. The maximum Gasteiger partial charge on any atom is 0.228 e. The van der Waals surface area contributed by atoms with E-state index in [2.05, 4.69) is 4.98 Å². The summed E-state index contributed by atoms with van der Waals surface area (Å²) in [6.07, 6.45) is 3.36. The fourth-order valence-corrected chi connectivity index (χ4v) is 3.44. The van der Waals surface area contributed by atoms with Crippen LogP contribution in [0.5, 0.6) is 0 Å². The van der Waals surface area contributed by atoms with E-state index < -0.39 is 11.4 Å². The molecule has 1 atom stereocenters. The molecular formula is C8H12N2O2S2. The third-order valence-corrected chi connectivity index (χ3v) is 5.32. The summed E-state index contributed by atoms with van der Waals surface area (Å²) in [4.78, 5) is 4.08. The van der Waals surface area contributed by atoms with Gasteiger partial charge in [0.1, 0.15) is 0 Å². The molecule has 0 amide bonds. The highest BCUT2D eigenvalue weighted by molar-refractivity contribution is 7.94. The zero-order valence-corrected chi connectivity index (χ0v) is 9.48. The Morgan fingerprint density at radius 1 is 1.79 bits per heavy atom. The first kappa shape index (κ1) is 10.2. The van der Waals surface area contributed by atoms with E-state index in [0.29, 0.717) is 0 Å². The van der Waals surface area contributed by atoms with Crippen LogP contribution in [0.15, 0.2) is 11.6 Å². The molecule has 1 aliphatic carbocycles. The van der Waals surface area contributed by atoms with E-state index in [1.165, 1.54) is 11.3 Å². The molecule has 1 heterocycles. The van der Waals surface area contributed by atoms with Gasteiger partial charge in [-0.25, -0.2) is 4.98 Å². The number of hydrogen-bond acceptors (Lipinski definition) is 5. The molecule has 1 aliphatic rings. The fraction of sp³-hybridized carbons (Fsp3) is 0.625. The molecule has 1 aromatic heterocycles. The third kappa shape index (κ3) is 1.63. The maximum atomic E-state index is 12.0. The Morgan fingerprint density at radius 3 is 2.93 bits per heavy atom. The molecule has 14 heavy (non-hydrogen) atoms. The Balaban J connectivity index is 2.08. The second-order valence-electron chi connectivity index (χ2n) is 3.40. The predicted molar refractivity (Wildman–Crippen MR) is 57.7 cm³/mol. The summed E-state index contributed by atoms with van der Waals surface area (Å²) in [5.41, 5.74) is 0. The van der Waals surface area contributed by atoms with Crippen LogP contribution in [-0.4, -0.2) is 33.0 Å². The first-order valence-corrected chi connectivity index (χ1v) is 6.34. The van der Waals surface area contributed by atoms with Crippen molar-refractivity contribution in [3.05, 3.63) is 11.6 Å². The van der Waals surface area contributed by atoms with Crippen molar-refractivity contribution < 1.29 is 9.66 Å². The number of aliphatic hydroxyl groups excluding tert-OH is 1. The molecule has 1 aromatic rings. The Bertz CT molecular complexity index is 300. The molecule has 0 aliphatic heterocycles. The van der Waals surface area contributed by atoms with Crippen molar-refractivity contribution in [2.75, 3.05) is 18.0 Å². The van der Waals surface area contributed by atoms with Crippen LogP contribution in [0.25, 0.3) is 0 Å². The molecule has 6 heteroatoms. The molecule has 1 unspecified atom stereocenters. The number of hydrogen-bond donors (Lipinski definition) is 1. The lowest BCUT2D eigenvalue weighted by molar-refractivity contribution is 0.283. The maximum absolute atomic E-state index is 12.0. The van der Waals surface area contributed by atoms with Gasteiger partial charge in [0.15, 0.2) is 4.75 Å². The number of nitrogens with zero attached hydrogens (tertiary/aromatic N) is 2. The van der Waals surface area contributed by atoms with Gasteiger partial charge in [-0.2, -0.15) is 4.31 Å². The first-order chi connectivity index (χ1) is 6.69. The molecule has 1 N–H and O–H groups in total. The minimum Gasteiger partial charge on any atom is -0.592 e. The van der Waals surface area contributed by atoms with Crippen LogP contribution in [0.4, 0.5) is 5.13 Å². The van der Waals surface area contributed by atoms with Crippen LogP contribution < -0.4 is 4.31 Å². The van der Waals surface area contributed by atoms with E-state index in [9.17, 15) is 4.55 Å². The van der Waals surface area contributed by atoms with Gasteiger partial charge in [0, 0.05) is 24.4 Å². The highest BCUT2D eigenvalue weighted by atomic mass is 32.2. The number of aromatic nitrogens is 1. The summed E-state index contributed by atoms with van der Waals surface area (Å²) < 4.78 is 13.3. The van der Waals surface area contributed by atoms with E-state index in [1.54, 1.807) is 17.5 Å². The summed E-state index contributed by atoms with van der Waals surface area (Å²) >= 11 is 0.292. The Kier molecular flexibility index (Phi) is 2.70. The predicted octanol–water partition coefficient (Wildman–Crippen LogP) is 0.768. The summed E-state index contributed by atoms with van der Waals surface area (Å²) in [6, 6.07) is 0. The zero-order valence-electron chi connectivity index (χ0n) is 7.84. The number of rotatable bonds is 4. The van der Waals surface area contributed by atoms with E-state index in [4.69, 9.17) is 5.11 Å². The van der Waals surface area contributed by atoms with Crippen LogP contribution in [0.2, 0.25) is 0 Å². The fourth-order valence-electron chi connectivity index (χ4n) is 1.26. The lowest BCUT2D eigenvalue weighted by atomic mass is 10.5. The average molecular weight is 232 g/mol. The third-order valence-electron chi connectivity index (χ3n) is 2.40. The van der Waals surface area contributed by atoms with Crippen LogP contribution in [-0.2, 0) is 11.4 Å². The van der Waals surface area contributed by atoms with Crippen molar-refractivity contribution in [1.29, 1.82) is 0 Å². The van der Waals surface area contributed by atoms with Crippen LogP contribution >= 0.6 is 11.3 Å². The minimum absolute atomic E-state index is 0.00464. The molecule has 2 rings (SSSR count). The van der Waals surface area contributed by atoms with Gasteiger partial charge in [0.2, 0.25) is 5.13 Å². The van der Waals surface area contributed by atoms with Gasteiger partial charge >= 0.3 is 0 Å². The highest BCUT2D eigenvalue weighted by Crippen LogP contribution is 2.45. The van der Waals surface area contributed by atoms with Crippen molar-refractivity contribution in [3.63, 3.8) is 0 Å². The molecule has 4 nitrogen and oxygen atoms in total. The number of thiazole rings is 1. The Morgan fingerprint density at radius 2 is 2.50 bits per heavy atom. The Labute approximate surface area is 89.9 Å². The molecule has 78 valence electrons. The molecule has 0 spiro atoms. The first-order valence-electron chi connectivity index (χ1n) is 4.36. The van der Waals surface area contributed by atoms with Gasteiger partial charge < -0.3 is 9.66 Å². The monoisotopic (exact) mass is 232 g/mol. The largest absolute Gasteiger partial charge is 0.592 e. The quantitative estimate of drug-likeness (QED) is 0.779. The van der Waals surface area contributed by atoms with Gasteiger partial charge in [-0.15, -0.1) is 11.3 Å². The molecule has 0 radical (unpaired) electrons. The normalized spacial score (nSPS) is 20.5. The second kappa shape index (κ2) is 3.69. The van der Waals surface area contributed by atoms with Gasteiger partial charge in [-0.05, 0) is 0 Å². The van der Waals surface area contributed by atoms with E-state index in [1.807, 2.05) is 5.38 Å². The average Bonchev–Trinajstić information content (AvgIpc) is 2.82. The van der Waals surface area contributed by atoms with Gasteiger partial charge in [0.25, 0.3) is 0 Å². The molecule has 0 aromatic carbocycles. The van der Waals surface area contributed by atoms with Crippen molar-refractivity contribution in [1.82, 2.24) is 4.98 Å². The lowest BCUT2D eigenvalue weighted by Crippen LogP contribution is -2.39. The van der Waals surface area contributed by atoms with Crippen molar-refractivity contribution in [2.24, 2.45) is 0 Å².